The monoisotopic (exact) mass is 429 g/mol. The van der Waals surface area contributed by atoms with Gasteiger partial charge in [0.2, 0.25) is 5.96 Å². The maximum atomic E-state index is 6.71. The number of rotatable bonds is 8. The SMILES string of the molecule is CN1CCN(C)C1=NO[Si](Cc1ccccc1)(Cc1ccccc1)Cc1ccccc1. The summed E-state index contributed by atoms with van der Waals surface area (Å²) in [5.74, 6) is 0.922. The molecule has 31 heavy (non-hydrogen) atoms. The van der Waals surface area contributed by atoms with Crippen LogP contribution in [0.4, 0.5) is 0 Å². The lowest BCUT2D eigenvalue weighted by Crippen LogP contribution is -2.47. The summed E-state index contributed by atoms with van der Waals surface area (Å²) in [4.78, 5) is 4.35. The van der Waals surface area contributed by atoms with Crippen molar-refractivity contribution in [3.05, 3.63) is 108 Å². The van der Waals surface area contributed by atoms with Crippen molar-refractivity contribution in [2.75, 3.05) is 27.2 Å². The number of hydrogen-bond acceptors (Lipinski definition) is 2. The highest BCUT2D eigenvalue weighted by molar-refractivity contribution is 6.72. The molecule has 1 fully saturated rings. The number of guanidine groups is 1. The molecule has 0 aliphatic carbocycles. The summed E-state index contributed by atoms with van der Waals surface area (Å²) in [5.41, 5.74) is 3.94. The summed E-state index contributed by atoms with van der Waals surface area (Å²) in [6.07, 6.45) is 0. The van der Waals surface area contributed by atoms with E-state index in [1.165, 1.54) is 16.7 Å². The van der Waals surface area contributed by atoms with E-state index in [-0.39, 0.29) is 0 Å². The van der Waals surface area contributed by atoms with Gasteiger partial charge in [0.1, 0.15) is 0 Å². The molecule has 4 nitrogen and oxygen atoms in total. The van der Waals surface area contributed by atoms with Crippen LogP contribution in [-0.2, 0) is 22.7 Å². The van der Waals surface area contributed by atoms with Crippen molar-refractivity contribution in [2.24, 2.45) is 5.16 Å². The molecule has 1 heterocycles. The van der Waals surface area contributed by atoms with Crippen LogP contribution in [0.25, 0.3) is 0 Å². The van der Waals surface area contributed by atoms with Gasteiger partial charge in [-0.3, -0.25) is 0 Å². The van der Waals surface area contributed by atoms with Crippen molar-refractivity contribution in [1.82, 2.24) is 9.80 Å². The number of nitrogens with zero attached hydrogens (tertiary/aromatic N) is 3. The zero-order chi connectivity index (χ0) is 21.5. The fourth-order valence-electron chi connectivity index (χ4n) is 4.26. The van der Waals surface area contributed by atoms with E-state index in [9.17, 15) is 0 Å². The highest BCUT2D eigenvalue weighted by Crippen LogP contribution is 2.25. The van der Waals surface area contributed by atoms with Crippen LogP contribution in [0.2, 0.25) is 0 Å². The first-order valence-electron chi connectivity index (χ1n) is 10.9. The van der Waals surface area contributed by atoms with Gasteiger partial charge in [-0.25, -0.2) is 0 Å². The lowest BCUT2D eigenvalue weighted by molar-refractivity contribution is 0.301. The fourth-order valence-corrected chi connectivity index (χ4v) is 8.04. The van der Waals surface area contributed by atoms with Gasteiger partial charge in [-0.1, -0.05) is 96.2 Å². The standard InChI is InChI=1S/C26H31N3OSi/c1-28-18-19-29(2)26(28)27-30-31(20-23-12-6-3-7-13-23,21-24-14-8-4-9-15-24)22-25-16-10-5-11-17-25/h3-17H,18-22H2,1-2H3. The number of hydrogen-bond donors (Lipinski definition) is 0. The van der Waals surface area contributed by atoms with Gasteiger partial charge in [-0.15, -0.1) is 0 Å². The maximum absolute atomic E-state index is 6.71. The van der Waals surface area contributed by atoms with Crippen LogP contribution in [0.3, 0.4) is 0 Å². The molecule has 0 saturated carbocycles. The molecule has 0 N–H and O–H groups in total. The first-order chi connectivity index (χ1) is 15.1. The minimum absolute atomic E-state index is 0.918. The molecular formula is C26H31N3OSi. The van der Waals surface area contributed by atoms with E-state index in [0.717, 1.165) is 37.2 Å². The second kappa shape index (κ2) is 9.84. The summed E-state index contributed by atoms with van der Waals surface area (Å²) in [7, 11) is 1.78. The molecule has 0 amide bonds. The molecule has 0 spiro atoms. The van der Waals surface area contributed by atoms with Gasteiger partial charge in [-0.2, -0.15) is 0 Å². The molecule has 1 aliphatic heterocycles. The van der Waals surface area contributed by atoms with E-state index in [2.05, 4.69) is 115 Å². The summed E-state index contributed by atoms with van der Waals surface area (Å²) in [6.45, 7) is 1.95. The van der Waals surface area contributed by atoms with Crippen LogP contribution in [0.5, 0.6) is 0 Å². The minimum atomic E-state index is -2.39. The van der Waals surface area contributed by atoms with Crippen molar-refractivity contribution in [1.29, 1.82) is 0 Å². The molecule has 160 valence electrons. The zero-order valence-corrected chi connectivity index (χ0v) is 19.4. The molecule has 0 radical (unpaired) electrons. The lowest BCUT2D eigenvalue weighted by atomic mass is 10.2. The van der Waals surface area contributed by atoms with Gasteiger partial charge in [-0.05, 0) is 16.7 Å². The predicted molar refractivity (Wildman–Crippen MR) is 130 cm³/mol. The minimum Gasteiger partial charge on any atom is -0.451 e. The molecule has 1 aliphatic rings. The van der Waals surface area contributed by atoms with Gasteiger partial charge in [0.05, 0.1) is 0 Å². The Kier molecular flexibility index (Phi) is 6.72. The molecule has 0 aromatic heterocycles. The second-order valence-corrected chi connectivity index (χ2v) is 12.1. The Labute approximate surface area is 186 Å². The molecule has 3 aromatic carbocycles. The van der Waals surface area contributed by atoms with Crippen LogP contribution in [0, 0.1) is 0 Å². The van der Waals surface area contributed by atoms with Crippen LogP contribution in [0.1, 0.15) is 16.7 Å². The summed E-state index contributed by atoms with van der Waals surface area (Å²) in [6, 6.07) is 34.9. The Bertz CT molecular complexity index is 866. The molecule has 0 unspecified atom stereocenters. The summed E-state index contributed by atoms with van der Waals surface area (Å²) >= 11 is 0. The maximum Gasteiger partial charge on any atom is 0.300 e. The average Bonchev–Trinajstić information content (AvgIpc) is 3.12. The third-order valence-electron chi connectivity index (χ3n) is 5.88. The topological polar surface area (TPSA) is 28.1 Å². The number of likely N-dealkylation sites (N-methyl/N-ethyl adjacent to an activating group) is 2. The highest BCUT2D eigenvalue weighted by atomic mass is 28.4. The van der Waals surface area contributed by atoms with Gasteiger partial charge in [0.15, 0.2) is 0 Å². The fraction of sp³-hybridized carbons (Fsp3) is 0.269. The Morgan fingerprint density at radius 2 is 1.00 bits per heavy atom. The van der Waals surface area contributed by atoms with Gasteiger partial charge in [0, 0.05) is 45.3 Å². The Balaban J connectivity index is 1.73. The molecule has 5 heteroatoms. The molecule has 0 atom stereocenters. The average molecular weight is 430 g/mol. The van der Waals surface area contributed by atoms with Crippen molar-refractivity contribution in [2.45, 2.75) is 18.1 Å². The van der Waals surface area contributed by atoms with E-state index in [1.807, 2.05) is 0 Å². The van der Waals surface area contributed by atoms with E-state index in [4.69, 9.17) is 9.68 Å². The van der Waals surface area contributed by atoms with E-state index < -0.39 is 8.32 Å². The second-order valence-electron chi connectivity index (χ2n) is 8.50. The lowest BCUT2D eigenvalue weighted by Gasteiger charge is -2.30. The molecule has 3 aromatic rings. The first kappa shape index (κ1) is 21.2. The first-order valence-corrected chi connectivity index (χ1v) is 13.5. The highest BCUT2D eigenvalue weighted by Gasteiger charge is 2.39. The third kappa shape index (κ3) is 5.55. The predicted octanol–water partition coefficient (Wildman–Crippen LogP) is 4.44. The van der Waals surface area contributed by atoms with Gasteiger partial charge in [0.25, 0.3) is 0 Å². The number of oxime groups is 1. The molecule has 1 saturated heterocycles. The van der Waals surface area contributed by atoms with Gasteiger partial charge < -0.3 is 14.3 Å². The Hall–Kier alpha value is -3.05. The largest absolute Gasteiger partial charge is 0.451 e. The third-order valence-corrected chi connectivity index (χ3v) is 9.52. The van der Waals surface area contributed by atoms with Crippen molar-refractivity contribution in [3.8, 4) is 0 Å². The van der Waals surface area contributed by atoms with Crippen molar-refractivity contribution < 1.29 is 4.53 Å². The normalized spacial score (nSPS) is 14.1. The number of benzene rings is 3. The van der Waals surface area contributed by atoms with E-state index >= 15 is 0 Å². The van der Waals surface area contributed by atoms with E-state index in [0.29, 0.717) is 0 Å². The summed E-state index contributed by atoms with van der Waals surface area (Å²) < 4.78 is 6.71. The quantitative estimate of drug-likeness (QED) is 0.391. The van der Waals surface area contributed by atoms with Crippen LogP contribution in [-0.4, -0.2) is 51.3 Å². The van der Waals surface area contributed by atoms with Crippen LogP contribution >= 0.6 is 0 Å². The smallest absolute Gasteiger partial charge is 0.300 e. The van der Waals surface area contributed by atoms with Crippen LogP contribution < -0.4 is 0 Å². The molecular weight excluding hydrogens is 398 g/mol. The molecule has 0 bridgehead atoms. The summed E-state index contributed by atoms with van der Waals surface area (Å²) in [5, 5.41) is 4.78. The Morgan fingerprint density at radius 1 is 0.645 bits per heavy atom. The van der Waals surface area contributed by atoms with Crippen molar-refractivity contribution in [3.63, 3.8) is 0 Å². The molecule has 4 rings (SSSR count). The van der Waals surface area contributed by atoms with Crippen molar-refractivity contribution >= 4 is 14.3 Å². The Morgan fingerprint density at radius 3 is 1.35 bits per heavy atom. The van der Waals surface area contributed by atoms with Gasteiger partial charge >= 0.3 is 8.32 Å². The van der Waals surface area contributed by atoms with E-state index in [1.54, 1.807) is 0 Å². The van der Waals surface area contributed by atoms with Crippen LogP contribution in [0.15, 0.2) is 96.2 Å². The zero-order valence-electron chi connectivity index (χ0n) is 18.4.